The van der Waals surface area contributed by atoms with Crippen LogP contribution >= 0.6 is 11.3 Å². The molecule has 1 aliphatic rings. The van der Waals surface area contributed by atoms with E-state index in [4.69, 9.17) is 4.98 Å². The summed E-state index contributed by atoms with van der Waals surface area (Å²) < 4.78 is 14.2. The second kappa shape index (κ2) is 6.32. The fourth-order valence-corrected chi connectivity index (χ4v) is 4.35. The fourth-order valence-electron chi connectivity index (χ4n) is 3.23. The first kappa shape index (κ1) is 15.3. The molecule has 0 spiro atoms. The molecule has 3 aromatic rings. The zero-order valence-corrected chi connectivity index (χ0v) is 13.9. The topological polar surface area (TPSA) is 33.2 Å². The number of carbonyl (C=O) groups excluding carboxylic acids is 1. The van der Waals surface area contributed by atoms with Crippen LogP contribution in [0.4, 0.5) is 4.39 Å². The van der Waals surface area contributed by atoms with Gasteiger partial charge in [-0.2, -0.15) is 0 Å². The smallest absolute Gasteiger partial charge is 0.227 e. The second-order valence-electron chi connectivity index (χ2n) is 6.07. The lowest BCUT2D eigenvalue weighted by atomic mass is 10.1. The Balaban J connectivity index is 1.55. The highest BCUT2D eigenvalue weighted by atomic mass is 32.1. The summed E-state index contributed by atoms with van der Waals surface area (Å²) in [6.45, 7) is 0.765. The van der Waals surface area contributed by atoms with Gasteiger partial charge in [-0.1, -0.05) is 24.3 Å². The summed E-state index contributed by atoms with van der Waals surface area (Å²) in [6.07, 6.45) is 2.26. The van der Waals surface area contributed by atoms with Crippen molar-refractivity contribution in [3.8, 4) is 0 Å². The maximum absolute atomic E-state index is 13.0. The highest BCUT2D eigenvalue weighted by Crippen LogP contribution is 2.36. The molecule has 1 atom stereocenters. The molecule has 1 aliphatic heterocycles. The number of rotatable bonds is 3. The average molecular weight is 340 g/mol. The van der Waals surface area contributed by atoms with Gasteiger partial charge in [0.05, 0.1) is 22.7 Å². The highest BCUT2D eigenvalue weighted by Gasteiger charge is 2.32. The number of likely N-dealkylation sites (tertiary alicyclic amines) is 1. The van der Waals surface area contributed by atoms with Crippen molar-refractivity contribution in [2.45, 2.75) is 25.3 Å². The predicted molar refractivity (Wildman–Crippen MR) is 93.4 cm³/mol. The molecule has 2 aromatic carbocycles. The Kier molecular flexibility index (Phi) is 4.02. The molecule has 3 nitrogen and oxygen atoms in total. The van der Waals surface area contributed by atoms with E-state index in [9.17, 15) is 9.18 Å². The van der Waals surface area contributed by atoms with Crippen LogP contribution in [0.1, 0.15) is 29.5 Å². The van der Waals surface area contributed by atoms with E-state index >= 15 is 0 Å². The Morgan fingerprint density at radius 1 is 1.21 bits per heavy atom. The first-order valence-electron chi connectivity index (χ1n) is 8.10. The third-order valence-electron chi connectivity index (χ3n) is 4.44. The number of fused-ring (bicyclic) bond motifs is 1. The number of amides is 1. The van der Waals surface area contributed by atoms with Gasteiger partial charge in [0.25, 0.3) is 0 Å². The molecule has 0 N–H and O–H groups in total. The summed E-state index contributed by atoms with van der Waals surface area (Å²) >= 11 is 1.67. The molecule has 0 bridgehead atoms. The van der Waals surface area contributed by atoms with E-state index in [1.807, 2.05) is 23.1 Å². The standard InChI is InChI=1S/C19H17FN2OS/c20-14-9-7-13(8-10-14)12-18(23)22-11-3-5-16(22)19-21-15-4-1-2-6-17(15)24-19/h1-2,4,6-10,16H,3,5,11-12H2/t16-/m0/s1. The monoisotopic (exact) mass is 340 g/mol. The number of hydrogen-bond acceptors (Lipinski definition) is 3. The molecule has 1 fully saturated rings. The molecule has 1 saturated heterocycles. The van der Waals surface area contributed by atoms with Crippen LogP contribution in [0.2, 0.25) is 0 Å². The maximum atomic E-state index is 13.0. The number of para-hydroxylation sites is 1. The van der Waals surface area contributed by atoms with Crippen LogP contribution in [0.5, 0.6) is 0 Å². The molecule has 0 saturated carbocycles. The van der Waals surface area contributed by atoms with Crippen LogP contribution in [0, 0.1) is 5.82 Å². The van der Waals surface area contributed by atoms with E-state index in [0.29, 0.717) is 6.42 Å². The van der Waals surface area contributed by atoms with E-state index in [-0.39, 0.29) is 17.8 Å². The van der Waals surface area contributed by atoms with Gasteiger partial charge in [0.15, 0.2) is 0 Å². The van der Waals surface area contributed by atoms with Crippen LogP contribution in [-0.2, 0) is 11.2 Å². The minimum atomic E-state index is -0.278. The zero-order chi connectivity index (χ0) is 16.5. The number of thiazole rings is 1. The average Bonchev–Trinajstić information content (AvgIpc) is 3.23. The van der Waals surface area contributed by atoms with Gasteiger partial charge < -0.3 is 4.90 Å². The second-order valence-corrected chi connectivity index (χ2v) is 7.13. The third-order valence-corrected chi connectivity index (χ3v) is 5.57. The quantitative estimate of drug-likeness (QED) is 0.710. The van der Waals surface area contributed by atoms with E-state index < -0.39 is 0 Å². The van der Waals surface area contributed by atoms with Gasteiger partial charge in [-0.05, 0) is 42.7 Å². The van der Waals surface area contributed by atoms with Crippen LogP contribution in [0.15, 0.2) is 48.5 Å². The van der Waals surface area contributed by atoms with Crippen molar-refractivity contribution in [3.63, 3.8) is 0 Å². The number of benzene rings is 2. The maximum Gasteiger partial charge on any atom is 0.227 e. The Labute approximate surface area is 143 Å². The molecule has 24 heavy (non-hydrogen) atoms. The molecule has 122 valence electrons. The van der Waals surface area contributed by atoms with E-state index in [0.717, 1.165) is 40.2 Å². The predicted octanol–water partition coefficient (Wildman–Crippen LogP) is 4.34. The Hall–Kier alpha value is -2.27. The van der Waals surface area contributed by atoms with Crippen molar-refractivity contribution in [1.29, 1.82) is 0 Å². The Morgan fingerprint density at radius 3 is 2.79 bits per heavy atom. The SMILES string of the molecule is O=C(Cc1ccc(F)cc1)N1CCC[C@H]1c1nc2ccccc2s1. The van der Waals surface area contributed by atoms with Gasteiger partial charge in [-0.3, -0.25) is 4.79 Å². The van der Waals surface area contributed by atoms with E-state index in [1.54, 1.807) is 23.5 Å². The molecule has 1 amide bonds. The number of hydrogen-bond donors (Lipinski definition) is 0. The van der Waals surface area contributed by atoms with Crippen molar-refractivity contribution < 1.29 is 9.18 Å². The van der Waals surface area contributed by atoms with E-state index in [2.05, 4.69) is 6.07 Å². The van der Waals surface area contributed by atoms with Crippen molar-refractivity contribution in [1.82, 2.24) is 9.88 Å². The van der Waals surface area contributed by atoms with Gasteiger partial charge >= 0.3 is 0 Å². The molecule has 5 heteroatoms. The fraction of sp³-hybridized carbons (Fsp3) is 0.263. The Bertz CT molecular complexity index is 841. The van der Waals surface area contributed by atoms with Crippen molar-refractivity contribution in [2.75, 3.05) is 6.54 Å². The summed E-state index contributed by atoms with van der Waals surface area (Å²) in [4.78, 5) is 19.4. The Morgan fingerprint density at radius 2 is 2.00 bits per heavy atom. The lowest BCUT2D eigenvalue weighted by Gasteiger charge is -2.23. The number of aromatic nitrogens is 1. The van der Waals surface area contributed by atoms with Gasteiger partial charge in [0.2, 0.25) is 5.91 Å². The van der Waals surface area contributed by atoms with E-state index in [1.165, 1.54) is 12.1 Å². The van der Waals surface area contributed by atoms with Gasteiger partial charge in [0, 0.05) is 6.54 Å². The van der Waals surface area contributed by atoms with Gasteiger partial charge in [0.1, 0.15) is 10.8 Å². The minimum Gasteiger partial charge on any atom is -0.333 e. The summed E-state index contributed by atoms with van der Waals surface area (Å²) in [5.41, 5.74) is 1.84. The van der Waals surface area contributed by atoms with Gasteiger partial charge in [-0.15, -0.1) is 11.3 Å². The zero-order valence-electron chi connectivity index (χ0n) is 13.1. The largest absolute Gasteiger partial charge is 0.333 e. The first-order valence-corrected chi connectivity index (χ1v) is 8.92. The van der Waals surface area contributed by atoms with Crippen LogP contribution < -0.4 is 0 Å². The summed E-state index contributed by atoms with van der Waals surface area (Å²) in [7, 11) is 0. The van der Waals surface area contributed by atoms with Crippen molar-refractivity contribution in [2.24, 2.45) is 0 Å². The molecule has 0 radical (unpaired) electrons. The normalized spacial score (nSPS) is 17.5. The third kappa shape index (κ3) is 2.91. The lowest BCUT2D eigenvalue weighted by Crippen LogP contribution is -2.31. The number of nitrogens with zero attached hydrogens (tertiary/aromatic N) is 2. The number of carbonyl (C=O) groups is 1. The molecule has 0 unspecified atom stereocenters. The van der Waals surface area contributed by atoms with Crippen molar-refractivity contribution in [3.05, 3.63) is 64.9 Å². The molecule has 4 rings (SSSR count). The summed E-state index contributed by atoms with van der Waals surface area (Å²) in [5.74, 6) is -0.192. The minimum absolute atomic E-state index is 0.0651. The first-order chi connectivity index (χ1) is 11.7. The highest BCUT2D eigenvalue weighted by molar-refractivity contribution is 7.18. The number of halogens is 1. The van der Waals surface area contributed by atoms with Crippen molar-refractivity contribution >= 4 is 27.5 Å². The molecular formula is C19H17FN2OS. The lowest BCUT2D eigenvalue weighted by molar-refractivity contribution is -0.131. The molecule has 1 aromatic heterocycles. The van der Waals surface area contributed by atoms with Gasteiger partial charge in [-0.25, -0.2) is 9.37 Å². The molecular weight excluding hydrogens is 323 g/mol. The van der Waals surface area contributed by atoms with Crippen LogP contribution in [-0.4, -0.2) is 22.3 Å². The molecule has 0 aliphatic carbocycles. The summed E-state index contributed by atoms with van der Waals surface area (Å²) in [6, 6.07) is 14.3. The molecule has 2 heterocycles. The van der Waals surface area contributed by atoms with Crippen LogP contribution in [0.25, 0.3) is 10.2 Å². The summed E-state index contributed by atoms with van der Waals surface area (Å²) in [5, 5.41) is 1.01. The van der Waals surface area contributed by atoms with Crippen LogP contribution in [0.3, 0.4) is 0 Å².